The highest BCUT2D eigenvalue weighted by molar-refractivity contribution is 5.72. The minimum atomic E-state index is -0.164. The number of amides is 1. The van der Waals surface area contributed by atoms with Crippen molar-refractivity contribution in [2.45, 2.75) is 43.7 Å². The van der Waals surface area contributed by atoms with Crippen LogP contribution in [0.3, 0.4) is 0 Å². The molecule has 5 rings (SSSR count). The van der Waals surface area contributed by atoms with E-state index in [1.54, 1.807) is 0 Å². The van der Waals surface area contributed by atoms with Crippen LogP contribution in [0.5, 0.6) is 0 Å². The Bertz CT molecular complexity index is 300. The second-order valence-corrected chi connectivity index (χ2v) is 5.71. The molecule has 3 heteroatoms. The van der Waals surface area contributed by atoms with E-state index in [0.717, 1.165) is 11.8 Å². The predicted molar refractivity (Wildman–Crippen MR) is 49.7 cm³/mol. The van der Waals surface area contributed by atoms with Crippen LogP contribution in [0.25, 0.3) is 0 Å². The van der Waals surface area contributed by atoms with Crippen LogP contribution in [0.1, 0.15) is 32.1 Å². The summed E-state index contributed by atoms with van der Waals surface area (Å²) < 4.78 is 5.44. The van der Waals surface area contributed by atoms with Gasteiger partial charge in [0, 0.05) is 0 Å². The molecule has 4 saturated carbocycles. The molecule has 1 aliphatic heterocycles. The minimum Gasteiger partial charge on any atom is -0.443 e. The first-order valence-corrected chi connectivity index (χ1v) is 5.74. The lowest BCUT2D eigenvalue weighted by molar-refractivity contribution is -0.0837. The normalized spacial score (nSPS) is 58.1. The number of ether oxygens (including phenoxy) is 1. The monoisotopic (exact) mass is 193 g/mol. The maximum Gasteiger partial charge on any atom is 0.408 e. The molecule has 0 aromatic heterocycles. The van der Waals surface area contributed by atoms with E-state index in [-0.39, 0.29) is 17.7 Å². The summed E-state index contributed by atoms with van der Waals surface area (Å²) in [5, 5.41) is 3.10. The molecule has 1 spiro atoms. The van der Waals surface area contributed by atoms with Gasteiger partial charge < -0.3 is 10.1 Å². The summed E-state index contributed by atoms with van der Waals surface area (Å²) in [4.78, 5) is 11.3. The number of hydrogen-bond acceptors (Lipinski definition) is 2. The zero-order valence-corrected chi connectivity index (χ0v) is 8.16. The van der Waals surface area contributed by atoms with Crippen molar-refractivity contribution >= 4 is 6.09 Å². The number of rotatable bonds is 0. The Balaban J connectivity index is 1.80. The molecular formula is C11H15NO2. The molecule has 4 bridgehead atoms. The van der Waals surface area contributed by atoms with E-state index in [1.165, 1.54) is 32.1 Å². The fourth-order valence-electron chi connectivity index (χ4n) is 4.72. The summed E-state index contributed by atoms with van der Waals surface area (Å²) in [6.45, 7) is 0. The van der Waals surface area contributed by atoms with Gasteiger partial charge in [-0.1, -0.05) is 0 Å². The Hall–Kier alpha value is -0.730. The number of hydrogen-bond donors (Lipinski definition) is 1. The third-order valence-corrected chi connectivity index (χ3v) is 4.80. The van der Waals surface area contributed by atoms with E-state index in [2.05, 4.69) is 5.32 Å². The molecule has 1 heterocycles. The second kappa shape index (κ2) is 2.10. The predicted octanol–water partition coefficient (Wildman–Crippen LogP) is 1.67. The van der Waals surface area contributed by atoms with E-state index < -0.39 is 0 Å². The van der Waals surface area contributed by atoms with Crippen LogP contribution in [0.2, 0.25) is 0 Å². The summed E-state index contributed by atoms with van der Waals surface area (Å²) in [5.41, 5.74) is 0.0613. The van der Waals surface area contributed by atoms with Crippen molar-refractivity contribution in [1.29, 1.82) is 0 Å². The molecule has 0 aromatic rings. The Morgan fingerprint density at radius 2 is 1.93 bits per heavy atom. The second-order valence-electron chi connectivity index (χ2n) is 5.71. The highest BCUT2D eigenvalue weighted by atomic mass is 16.6. The maximum absolute atomic E-state index is 11.3. The topological polar surface area (TPSA) is 38.3 Å². The molecular weight excluding hydrogens is 178 g/mol. The van der Waals surface area contributed by atoms with Crippen LogP contribution >= 0.6 is 0 Å². The highest BCUT2D eigenvalue weighted by Crippen LogP contribution is 2.58. The Kier molecular flexibility index (Phi) is 1.13. The molecule has 3 nitrogen and oxygen atoms in total. The van der Waals surface area contributed by atoms with Crippen LogP contribution in [-0.2, 0) is 4.74 Å². The van der Waals surface area contributed by atoms with Crippen LogP contribution in [0.4, 0.5) is 4.79 Å². The summed E-state index contributed by atoms with van der Waals surface area (Å²) >= 11 is 0. The molecule has 14 heavy (non-hydrogen) atoms. The first kappa shape index (κ1) is 7.55. The van der Waals surface area contributed by atoms with Gasteiger partial charge in [0.05, 0.1) is 5.54 Å². The van der Waals surface area contributed by atoms with Crippen LogP contribution in [-0.4, -0.2) is 17.7 Å². The van der Waals surface area contributed by atoms with Gasteiger partial charge >= 0.3 is 6.09 Å². The van der Waals surface area contributed by atoms with Gasteiger partial charge in [-0.3, -0.25) is 0 Å². The molecule has 4 aliphatic carbocycles. The molecule has 1 N–H and O–H groups in total. The number of carbonyl (C=O) groups excluding carboxylic acids is 1. The average molecular weight is 193 g/mol. The zero-order valence-electron chi connectivity index (χ0n) is 8.16. The van der Waals surface area contributed by atoms with Crippen LogP contribution in [0.15, 0.2) is 0 Å². The molecule has 3 atom stereocenters. The quantitative estimate of drug-likeness (QED) is 0.635. The highest BCUT2D eigenvalue weighted by Gasteiger charge is 2.62. The van der Waals surface area contributed by atoms with Gasteiger partial charge in [-0.05, 0) is 49.9 Å². The third-order valence-electron chi connectivity index (χ3n) is 4.80. The minimum absolute atomic E-state index is 0.0613. The van der Waals surface area contributed by atoms with Gasteiger partial charge in [0.2, 0.25) is 0 Å². The Labute approximate surface area is 83.2 Å². The van der Waals surface area contributed by atoms with E-state index in [4.69, 9.17) is 4.74 Å². The van der Waals surface area contributed by atoms with Crippen molar-refractivity contribution in [3.05, 3.63) is 0 Å². The third kappa shape index (κ3) is 0.733. The van der Waals surface area contributed by atoms with Crippen molar-refractivity contribution in [3.8, 4) is 0 Å². The summed E-state index contributed by atoms with van der Waals surface area (Å²) in [5.74, 6) is 2.40. The lowest BCUT2D eigenvalue weighted by Crippen LogP contribution is -2.62. The molecule has 5 fully saturated rings. The Morgan fingerprint density at radius 1 is 1.21 bits per heavy atom. The number of alkyl carbamates (subject to hydrolysis) is 1. The summed E-state index contributed by atoms with van der Waals surface area (Å²) in [7, 11) is 0. The molecule has 0 radical (unpaired) electrons. The van der Waals surface area contributed by atoms with Gasteiger partial charge in [-0.15, -0.1) is 0 Å². The first-order chi connectivity index (χ1) is 6.75. The summed E-state index contributed by atoms with van der Waals surface area (Å²) in [6.07, 6.45) is 6.41. The largest absolute Gasteiger partial charge is 0.443 e. The smallest absolute Gasteiger partial charge is 0.408 e. The van der Waals surface area contributed by atoms with Crippen LogP contribution in [0, 0.1) is 17.8 Å². The van der Waals surface area contributed by atoms with Gasteiger partial charge in [0.25, 0.3) is 0 Å². The van der Waals surface area contributed by atoms with Gasteiger partial charge in [-0.25, -0.2) is 4.79 Å². The van der Waals surface area contributed by atoms with Gasteiger partial charge in [-0.2, -0.15) is 0 Å². The van der Waals surface area contributed by atoms with Crippen molar-refractivity contribution in [3.63, 3.8) is 0 Å². The Morgan fingerprint density at radius 3 is 2.64 bits per heavy atom. The SMILES string of the molecule is O=C1NC23CC4CC(CC(C4)C2O1)C3. The molecule has 0 aromatic carbocycles. The molecule has 5 aliphatic rings. The molecule has 3 unspecified atom stereocenters. The zero-order chi connectivity index (χ0) is 9.34. The van der Waals surface area contributed by atoms with Gasteiger partial charge in [0.1, 0.15) is 6.10 Å². The number of nitrogens with one attached hydrogen (secondary N) is 1. The maximum atomic E-state index is 11.3. The van der Waals surface area contributed by atoms with E-state index in [0.29, 0.717) is 5.92 Å². The first-order valence-electron chi connectivity index (χ1n) is 5.74. The van der Waals surface area contributed by atoms with E-state index in [1.807, 2.05) is 0 Å². The molecule has 76 valence electrons. The van der Waals surface area contributed by atoms with Crippen molar-refractivity contribution in [1.82, 2.24) is 5.32 Å². The van der Waals surface area contributed by atoms with Gasteiger partial charge in [0.15, 0.2) is 0 Å². The van der Waals surface area contributed by atoms with Crippen molar-refractivity contribution in [2.75, 3.05) is 0 Å². The van der Waals surface area contributed by atoms with E-state index in [9.17, 15) is 4.79 Å². The average Bonchev–Trinajstić information content (AvgIpc) is 2.40. The lowest BCUT2D eigenvalue weighted by Gasteiger charge is -2.56. The fraction of sp³-hybridized carbons (Fsp3) is 0.909. The molecule has 1 saturated heterocycles. The van der Waals surface area contributed by atoms with E-state index >= 15 is 0 Å². The van der Waals surface area contributed by atoms with Crippen molar-refractivity contribution < 1.29 is 9.53 Å². The standard InChI is InChI=1S/C11H15NO2/c13-10-12-11-4-6-1-7(5-11)3-8(2-6)9(11)14-10/h6-9H,1-5H2,(H,12,13). The lowest BCUT2D eigenvalue weighted by atomic mass is 9.52. The summed E-state index contributed by atoms with van der Waals surface area (Å²) in [6, 6.07) is 0. The van der Waals surface area contributed by atoms with Crippen molar-refractivity contribution in [2.24, 2.45) is 17.8 Å². The number of carbonyl (C=O) groups is 1. The fourth-order valence-corrected chi connectivity index (χ4v) is 4.72. The van der Waals surface area contributed by atoms with Crippen LogP contribution < -0.4 is 5.32 Å². The molecule has 1 amide bonds.